The Hall–Kier alpha value is -0.840. The smallest absolute Gasteiger partial charge is 0.252 e. The van der Waals surface area contributed by atoms with Crippen LogP contribution in [0, 0.1) is 5.92 Å². The van der Waals surface area contributed by atoms with E-state index in [1.165, 1.54) is 12.3 Å². The van der Waals surface area contributed by atoms with Crippen LogP contribution in [0.5, 0.6) is 0 Å². The molecule has 1 unspecified atom stereocenters. The van der Waals surface area contributed by atoms with Crippen molar-refractivity contribution in [2.24, 2.45) is 5.92 Å². The number of ether oxygens (including phenoxy) is 1. The van der Waals surface area contributed by atoms with Crippen molar-refractivity contribution in [3.63, 3.8) is 0 Å². The van der Waals surface area contributed by atoms with E-state index in [0.29, 0.717) is 29.7 Å². The Morgan fingerprint density at radius 3 is 3.12 bits per heavy atom. The Kier molecular flexibility index (Phi) is 4.20. The second-order valence-electron chi connectivity index (χ2n) is 3.93. The molecule has 0 bridgehead atoms. The van der Waals surface area contributed by atoms with E-state index >= 15 is 0 Å². The Morgan fingerprint density at radius 2 is 2.41 bits per heavy atom. The van der Waals surface area contributed by atoms with Gasteiger partial charge in [-0.3, -0.25) is 4.79 Å². The lowest BCUT2D eigenvalue weighted by Crippen LogP contribution is -2.29. The summed E-state index contributed by atoms with van der Waals surface area (Å²) >= 11 is 11.6. The zero-order valence-corrected chi connectivity index (χ0v) is 10.6. The van der Waals surface area contributed by atoms with Gasteiger partial charge in [-0.05, 0) is 12.5 Å². The molecule has 0 aliphatic carbocycles. The van der Waals surface area contributed by atoms with Crippen molar-refractivity contribution in [2.75, 3.05) is 19.8 Å². The van der Waals surface area contributed by atoms with Crippen molar-refractivity contribution >= 4 is 29.1 Å². The summed E-state index contributed by atoms with van der Waals surface area (Å²) in [6.45, 7) is 2.06. The third kappa shape index (κ3) is 3.31. The van der Waals surface area contributed by atoms with E-state index in [0.717, 1.165) is 13.0 Å². The molecule has 2 heterocycles. The quantitative estimate of drug-likeness (QED) is 0.860. The van der Waals surface area contributed by atoms with Crippen molar-refractivity contribution in [1.82, 2.24) is 10.3 Å². The molecule has 4 nitrogen and oxygen atoms in total. The number of nitrogens with zero attached hydrogens (tertiary/aromatic N) is 1. The Labute approximate surface area is 109 Å². The predicted molar refractivity (Wildman–Crippen MR) is 65.5 cm³/mol. The highest BCUT2D eigenvalue weighted by Gasteiger charge is 2.18. The van der Waals surface area contributed by atoms with Crippen LogP contribution in [0.2, 0.25) is 10.2 Å². The van der Waals surface area contributed by atoms with Crippen LogP contribution in [0.3, 0.4) is 0 Å². The minimum absolute atomic E-state index is 0.230. The first kappa shape index (κ1) is 12.6. The number of carbonyl (C=O) groups is 1. The van der Waals surface area contributed by atoms with Crippen LogP contribution in [0.4, 0.5) is 0 Å². The fourth-order valence-electron chi connectivity index (χ4n) is 1.66. The number of hydrogen-bond donors (Lipinski definition) is 1. The standard InChI is InChI=1S/C11H12Cl2N2O2/c12-9-5-14-10(13)3-8(9)11(16)15-4-7-1-2-17-6-7/h3,5,7H,1-2,4,6H2,(H,15,16). The number of carbonyl (C=O) groups excluding carboxylic acids is 1. The summed E-state index contributed by atoms with van der Waals surface area (Å²) in [6, 6.07) is 1.46. The molecule has 1 saturated heterocycles. The van der Waals surface area contributed by atoms with Crippen LogP contribution < -0.4 is 5.32 Å². The Balaban J connectivity index is 1.96. The van der Waals surface area contributed by atoms with Crippen LogP contribution in [0.1, 0.15) is 16.8 Å². The number of hydrogen-bond acceptors (Lipinski definition) is 3. The minimum atomic E-state index is -0.230. The molecule has 0 radical (unpaired) electrons. The molecule has 1 aromatic heterocycles. The largest absolute Gasteiger partial charge is 0.381 e. The summed E-state index contributed by atoms with van der Waals surface area (Å²) < 4.78 is 5.23. The normalized spacial score (nSPS) is 19.3. The molecule has 1 aliphatic heterocycles. The van der Waals surface area contributed by atoms with E-state index in [1.54, 1.807) is 0 Å². The first-order valence-corrected chi connectivity index (χ1v) is 6.09. The first-order valence-electron chi connectivity index (χ1n) is 5.34. The number of pyridine rings is 1. The molecule has 1 aliphatic rings. The van der Waals surface area contributed by atoms with Gasteiger partial charge in [0.1, 0.15) is 5.15 Å². The number of amides is 1. The highest BCUT2D eigenvalue weighted by Crippen LogP contribution is 2.18. The lowest BCUT2D eigenvalue weighted by atomic mass is 10.1. The average molecular weight is 275 g/mol. The summed E-state index contributed by atoms with van der Waals surface area (Å²) in [6.07, 6.45) is 2.35. The van der Waals surface area contributed by atoms with E-state index in [4.69, 9.17) is 27.9 Å². The number of halogens is 2. The van der Waals surface area contributed by atoms with E-state index in [9.17, 15) is 4.79 Å². The molecule has 0 aromatic carbocycles. The molecule has 1 atom stereocenters. The van der Waals surface area contributed by atoms with Gasteiger partial charge < -0.3 is 10.1 Å². The summed E-state index contributed by atoms with van der Waals surface area (Å²) in [7, 11) is 0. The van der Waals surface area contributed by atoms with Gasteiger partial charge in [0, 0.05) is 25.3 Å². The highest BCUT2D eigenvalue weighted by atomic mass is 35.5. The molecule has 17 heavy (non-hydrogen) atoms. The van der Waals surface area contributed by atoms with Crippen LogP contribution in [0.25, 0.3) is 0 Å². The summed E-state index contributed by atoms with van der Waals surface area (Å²) in [5.74, 6) is 0.154. The van der Waals surface area contributed by atoms with E-state index < -0.39 is 0 Å². The molecule has 1 aromatic rings. The van der Waals surface area contributed by atoms with Crippen LogP contribution >= 0.6 is 23.2 Å². The minimum Gasteiger partial charge on any atom is -0.381 e. The molecule has 0 saturated carbocycles. The van der Waals surface area contributed by atoms with Gasteiger partial charge in [0.15, 0.2) is 0 Å². The maximum atomic E-state index is 11.9. The maximum absolute atomic E-state index is 11.9. The fourth-order valence-corrected chi connectivity index (χ4v) is 2.01. The van der Waals surface area contributed by atoms with Crippen molar-refractivity contribution in [1.29, 1.82) is 0 Å². The van der Waals surface area contributed by atoms with Gasteiger partial charge in [0.05, 0.1) is 17.2 Å². The predicted octanol–water partition coefficient (Wildman–Crippen LogP) is 2.15. The fraction of sp³-hybridized carbons (Fsp3) is 0.455. The molecule has 92 valence electrons. The second kappa shape index (κ2) is 5.67. The van der Waals surface area contributed by atoms with Gasteiger partial charge in [0.25, 0.3) is 5.91 Å². The number of nitrogens with one attached hydrogen (secondary N) is 1. The summed E-state index contributed by atoms with van der Waals surface area (Å²) in [5.41, 5.74) is 0.352. The topological polar surface area (TPSA) is 51.2 Å². The number of rotatable bonds is 3. The van der Waals surface area contributed by atoms with Crippen molar-refractivity contribution in [2.45, 2.75) is 6.42 Å². The molecule has 1 fully saturated rings. The molecule has 2 rings (SSSR count). The molecule has 1 amide bonds. The Bertz CT molecular complexity index is 420. The lowest BCUT2D eigenvalue weighted by Gasteiger charge is -2.10. The molecular weight excluding hydrogens is 263 g/mol. The lowest BCUT2D eigenvalue weighted by molar-refractivity contribution is 0.0945. The van der Waals surface area contributed by atoms with Crippen LogP contribution in [0.15, 0.2) is 12.3 Å². The third-order valence-electron chi connectivity index (χ3n) is 2.64. The van der Waals surface area contributed by atoms with Crippen LogP contribution in [-0.4, -0.2) is 30.6 Å². The zero-order chi connectivity index (χ0) is 12.3. The Morgan fingerprint density at radius 1 is 1.59 bits per heavy atom. The summed E-state index contributed by atoms with van der Waals surface area (Å²) in [4.78, 5) is 15.6. The van der Waals surface area contributed by atoms with E-state index in [-0.39, 0.29) is 11.1 Å². The van der Waals surface area contributed by atoms with Gasteiger partial charge in [-0.15, -0.1) is 0 Å². The van der Waals surface area contributed by atoms with Gasteiger partial charge >= 0.3 is 0 Å². The average Bonchev–Trinajstić information content (AvgIpc) is 2.82. The second-order valence-corrected chi connectivity index (χ2v) is 4.72. The highest BCUT2D eigenvalue weighted by molar-refractivity contribution is 6.35. The van der Waals surface area contributed by atoms with Gasteiger partial charge in [-0.2, -0.15) is 0 Å². The van der Waals surface area contributed by atoms with Crippen LogP contribution in [-0.2, 0) is 4.74 Å². The molecule has 6 heteroatoms. The van der Waals surface area contributed by atoms with Crippen molar-refractivity contribution in [3.8, 4) is 0 Å². The SMILES string of the molecule is O=C(NCC1CCOC1)c1cc(Cl)ncc1Cl. The monoisotopic (exact) mass is 274 g/mol. The van der Waals surface area contributed by atoms with E-state index in [1.807, 2.05) is 0 Å². The number of aromatic nitrogens is 1. The maximum Gasteiger partial charge on any atom is 0.252 e. The van der Waals surface area contributed by atoms with E-state index in [2.05, 4.69) is 10.3 Å². The zero-order valence-electron chi connectivity index (χ0n) is 9.08. The van der Waals surface area contributed by atoms with Gasteiger partial charge in [0.2, 0.25) is 0 Å². The van der Waals surface area contributed by atoms with Gasteiger partial charge in [-0.1, -0.05) is 23.2 Å². The molecule has 0 spiro atoms. The van der Waals surface area contributed by atoms with Gasteiger partial charge in [-0.25, -0.2) is 4.98 Å². The third-order valence-corrected chi connectivity index (χ3v) is 3.15. The van der Waals surface area contributed by atoms with Crippen molar-refractivity contribution < 1.29 is 9.53 Å². The molecular formula is C11H12Cl2N2O2. The summed E-state index contributed by atoms with van der Waals surface area (Å²) in [5, 5.41) is 3.37. The first-order chi connectivity index (χ1) is 8.16. The van der Waals surface area contributed by atoms with Crippen molar-refractivity contribution in [3.05, 3.63) is 28.0 Å². The molecule has 1 N–H and O–H groups in total.